The van der Waals surface area contributed by atoms with Gasteiger partial charge in [0.25, 0.3) is 0 Å². The third-order valence-corrected chi connectivity index (χ3v) is 3.33. The number of aromatic nitrogens is 1. The van der Waals surface area contributed by atoms with Gasteiger partial charge in [0.1, 0.15) is 5.82 Å². The van der Waals surface area contributed by atoms with Crippen LogP contribution in [0.3, 0.4) is 0 Å². The van der Waals surface area contributed by atoms with Crippen LogP contribution in [-0.2, 0) is 13.0 Å². The Balaban J connectivity index is 1.96. The van der Waals surface area contributed by atoms with Gasteiger partial charge >= 0.3 is 0 Å². The monoisotopic (exact) mass is 236 g/mol. The van der Waals surface area contributed by atoms with E-state index in [0.29, 0.717) is 6.54 Å². The van der Waals surface area contributed by atoms with Crippen LogP contribution in [0.25, 0.3) is 0 Å². The largest absolute Gasteiger partial charge is 0.357 e. The summed E-state index contributed by atoms with van der Waals surface area (Å²) in [7, 11) is 0. The van der Waals surface area contributed by atoms with Gasteiger partial charge in [-0.15, -0.1) is 11.3 Å². The van der Waals surface area contributed by atoms with Crippen LogP contribution in [0.1, 0.15) is 17.4 Å². The first kappa shape index (κ1) is 11.1. The summed E-state index contributed by atoms with van der Waals surface area (Å²) in [5, 5.41) is 4.07. The van der Waals surface area contributed by atoms with Crippen molar-refractivity contribution in [2.75, 3.05) is 5.32 Å². The Morgan fingerprint density at radius 3 is 3.00 bits per heavy atom. The number of hydrogen-bond donors (Lipinski definition) is 1. The second kappa shape index (κ2) is 5.07. The first-order valence-electron chi connectivity index (χ1n) is 5.21. The molecule has 1 heterocycles. The Labute approximate surface area is 98.2 Å². The molecule has 2 nitrogen and oxygen atoms in total. The van der Waals surface area contributed by atoms with E-state index < -0.39 is 0 Å². The van der Waals surface area contributed by atoms with Gasteiger partial charge in [-0.3, -0.25) is 0 Å². The lowest BCUT2D eigenvalue weighted by Gasteiger charge is -2.02. The van der Waals surface area contributed by atoms with Gasteiger partial charge in [0.15, 0.2) is 5.13 Å². The Kier molecular flexibility index (Phi) is 3.51. The first-order chi connectivity index (χ1) is 7.78. The number of nitrogens with one attached hydrogen (secondary N) is 1. The number of benzene rings is 1. The summed E-state index contributed by atoms with van der Waals surface area (Å²) in [6.45, 7) is 2.71. The fourth-order valence-electron chi connectivity index (χ4n) is 1.38. The van der Waals surface area contributed by atoms with Crippen LogP contribution >= 0.6 is 11.3 Å². The molecule has 0 bridgehead atoms. The van der Waals surface area contributed by atoms with E-state index in [0.717, 1.165) is 17.1 Å². The number of hydrogen-bond acceptors (Lipinski definition) is 3. The summed E-state index contributed by atoms with van der Waals surface area (Å²) in [6.07, 6.45) is 2.87. The van der Waals surface area contributed by atoms with Crippen LogP contribution in [0.4, 0.5) is 9.52 Å². The van der Waals surface area contributed by atoms with Crippen LogP contribution in [0.15, 0.2) is 30.5 Å². The number of anilines is 1. The summed E-state index contributed by atoms with van der Waals surface area (Å²) in [5.41, 5.74) is 0.924. The maximum atomic E-state index is 12.9. The lowest BCUT2D eigenvalue weighted by Crippen LogP contribution is -1.98. The smallest absolute Gasteiger partial charge is 0.183 e. The maximum Gasteiger partial charge on any atom is 0.183 e. The molecule has 0 atom stereocenters. The average Bonchev–Trinajstić information content (AvgIpc) is 2.74. The van der Waals surface area contributed by atoms with E-state index >= 15 is 0 Å². The van der Waals surface area contributed by atoms with E-state index in [1.807, 2.05) is 12.3 Å². The molecule has 2 aromatic rings. The average molecular weight is 236 g/mol. The predicted molar refractivity (Wildman–Crippen MR) is 65.2 cm³/mol. The SMILES string of the molecule is CCc1cnc(NCc2cccc(F)c2)s1. The molecular weight excluding hydrogens is 223 g/mol. The van der Waals surface area contributed by atoms with Crippen molar-refractivity contribution < 1.29 is 4.39 Å². The topological polar surface area (TPSA) is 24.9 Å². The zero-order valence-electron chi connectivity index (χ0n) is 9.03. The molecule has 0 radical (unpaired) electrons. The number of thiazole rings is 1. The molecule has 16 heavy (non-hydrogen) atoms. The summed E-state index contributed by atoms with van der Waals surface area (Å²) in [4.78, 5) is 5.49. The zero-order valence-corrected chi connectivity index (χ0v) is 9.85. The van der Waals surface area contributed by atoms with Gasteiger partial charge in [-0.2, -0.15) is 0 Å². The highest BCUT2D eigenvalue weighted by atomic mass is 32.1. The number of rotatable bonds is 4. The highest BCUT2D eigenvalue weighted by Gasteiger charge is 2.00. The number of nitrogens with zero attached hydrogens (tertiary/aromatic N) is 1. The lowest BCUT2D eigenvalue weighted by atomic mass is 10.2. The van der Waals surface area contributed by atoms with E-state index in [9.17, 15) is 4.39 Å². The fraction of sp³-hybridized carbons (Fsp3) is 0.250. The molecule has 0 amide bonds. The molecule has 1 aromatic heterocycles. The summed E-state index contributed by atoms with van der Waals surface area (Å²) in [6, 6.07) is 6.58. The normalized spacial score (nSPS) is 10.4. The van der Waals surface area contributed by atoms with Crippen molar-refractivity contribution in [2.24, 2.45) is 0 Å². The molecule has 0 aliphatic rings. The van der Waals surface area contributed by atoms with Gasteiger partial charge in [0.05, 0.1) is 0 Å². The van der Waals surface area contributed by atoms with Gasteiger partial charge in [-0.25, -0.2) is 9.37 Å². The first-order valence-corrected chi connectivity index (χ1v) is 6.02. The number of aryl methyl sites for hydroxylation is 1. The van der Waals surface area contributed by atoms with Crippen LogP contribution in [0.5, 0.6) is 0 Å². The Bertz CT molecular complexity index is 468. The Hall–Kier alpha value is -1.42. The van der Waals surface area contributed by atoms with Crippen molar-refractivity contribution in [3.63, 3.8) is 0 Å². The highest BCUT2D eigenvalue weighted by Crippen LogP contribution is 2.19. The Morgan fingerprint density at radius 1 is 1.44 bits per heavy atom. The molecule has 2 rings (SSSR count). The molecule has 0 unspecified atom stereocenters. The molecule has 4 heteroatoms. The molecule has 0 spiro atoms. The third kappa shape index (κ3) is 2.79. The van der Waals surface area contributed by atoms with Crippen LogP contribution in [-0.4, -0.2) is 4.98 Å². The van der Waals surface area contributed by atoms with E-state index in [1.165, 1.54) is 17.0 Å². The minimum absolute atomic E-state index is 0.201. The van der Waals surface area contributed by atoms with Gasteiger partial charge in [0.2, 0.25) is 0 Å². The molecule has 84 valence electrons. The minimum atomic E-state index is -0.201. The molecule has 1 aromatic carbocycles. The van der Waals surface area contributed by atoms with Crippen molar-refractivity contribution in [3.8, 4) is 0 Å². The molecule has 0 aliphatic carbocycles. The summed E-state index contributed by atoms with van der Waals surface area (Å²) in [5.74, 6) is -0.201. The van der Waals surface area contributed by atoms with Gasteiger partial charge in [-0.05, 0) is 24.1 Å². The van der Waals surface area contributed by atoms with Crippen molar-refractivity contribution in [2.45, 2.75) is 19.9 Å². The third-order valence-electron chi connectivity index (χ3n) is 2.23. The molecule has 0 saturated carbocycles. The van der Waals surface area contributed by atoms with Crippen LogP contribution in [0, 0.1) is 5.82 Å². The van der Waals surface area contributed by atoms with E-state index in [2.05, 4.69) is 17.2 Å². The molecular formula is C12H13FN2S. The molecule has 0 fully saturated rings. The van der Waals surface area contributed by atoms with Crippen molar-refractivity contribution in [3.05, 3.63) is 46.7 Å². The fourth-order valence-corrected chi connectivity index (χ4v) is 2.13. The number of halogens is 1. The molecule has 1 N–H and O–H groups in total. The minimum Gasteiger partial charge on any atom is -0.357 e. The van der Waals surface area contributed by atoms with E-state index in [1.54, 1.807) is 17.4 Å². The quantitative estimate of drug-likeness (QED) is 0.879. The highest BCUT2D eigenvalue weighted by molar-refractivity contribution is 7.15. The van der Waals surface area contributed by atoms with Crippen LogP contribution < -0.4 is 5.32 Å². The van der Waals surface area contributed by atoms with Gasteiger partial charge < -0.3 is 5.32 Å². The van der Waals surface area contributed by atoms with Crippen LogP contribution in [0.2, 0.25) is 0 Å². The predicted octanol–water partition coefficient (Wildman–Crippen LogP) is 3.46. The van der Waals surface area contributed by atoms with E-state index in [4.69, 9.17) is 0 Å². The van der Waals surface area contributed by atoms with Crippen molar-refractivity contribution >= 4 is 16.5 Å². The molecule has 0 aliphatic heterocycles. The second-order valence-electron chi connectivity index (χ2n) is 3.47. The zero-order chi connectivity index (χ0) is 11.4. The summed E-state index contributed by atoms with van der Waals surface area (Å²) < 4.78 is 12.9. The Morgan fingerprint density at radius 2 is 2.31 bits per heavy atom. The maximum absolute atomic E-state index is 12.9. The van der Waals surface area contributed by atoms with Crippen molar-refractivity contribution in [1.82, 2.24) is 4.98 Å². The molecule has 0 saturated heterocycles. The van der Waals surface area contributed by atoms with Gasteiger partial charge in [-0.1, -0.05) is 19.1 Å². The van der Waals surface area contributed by atoms with Crippen molar-refractivity contribution in [1.29, 1.82) is 0 Å². The van der Waals surface area contributed by atoms with E-state index in [-0.39, 0.29) is 5.82 Å². The summed E-state index contributed by atoms with van der Waals surface area (Å²) >= 11 is 1.64. The second-order valence-corrected chi connectivity index (χ2v) is 4.58. The standard InChI is InChI=1S/C12H13FN2S/c1-2-11-8-15-12(16-11)14-7-9-4-3-5-10(13)6-9/h3-6,8H,2,7H2,1H3,(H,14,15). The lowest BCUT2D eigenvalue weighted by molar-refractivity contribution is 0.626. The van der Waals surface area contributed by atoms with Gasteiger partial charge in [0, 0.05) is 17.6 Å².